The predicted molar refractivity (Wildman–Crippen MR) is 145 cm³/mol. The number of halogens is 5. The standard InChI is InChI=1S/C26H32F2N4O4.C2HF3O2/c1-5-8-20-23(24(33)29-15-26(4,11-6-2)30-25(34)35)21-12-16(3)13-22(32(21)31-20)36-14-17-18(27)9-7-10-19(17)28;3-2(4,5)1(6)7/h7,9-10,12-13,30H,5-6,8,11,14-15H2,1-4H3,(H,29,33)(H,34,35);(H,6,7). The number of carbonyl (C=O) groups excluding carboxylic acids is 1. The second-order valence-corrected chi connectivity index (χ2v) is 9.95. The van der Waals surface area contributed by atoms with Gasteiger partial charge in [-0.25, -0.2) is 18.4 Å². The van der Waals surface area contributed by atoms with E-state index >= 15 is 0 Å². The lowest BCUT2D eigenvalue weighted by Crippen LogP contribution is -2.53. The van der Waals surface area contributed by atoms with E-state index in [1.165, 1.54) is 10.6 Å². The monoisotopic (exact) mass is 616 g/mol. The molecule has 1 aromatic carbocycles. The highest BCUT2D eigenvalue weighted by molar-refractivity contribution is 6.02. The van der Waals surface area contributed by atoms with E-state index in [2.05, 4.69) is 15.7 Å². The number of amides is 2. The highest BCUT2D eigenvalue weighted by atomic mass is 19.4. The van der Waals surface area contributed by atoms with Gasteiger partial charge in [0.1, 0.15) is 18.2 Å². The molecular formula is C28H33F5N4O6. The van der Waals surface area contributed by atoms with Crippen LogP contribution in [0.3, 0.4) is 0 Å². The molecule has 2 aromatic heterocycles. The maximum Gasteiger partial charge on any atom is 0.490 e. The molecule has 3 rings (SSSR count). The van der Waals surface area contributed by atoms with Crippen molar-refractivity contribution in [3.63, 3.8) is 0 Å². The van der Waals surface area contributed by atoms with E-state index in [1.54, 1.807) is 19.1 Å². The van der Waals surface area contributed by atoms with Gasteiger partial charge >= 0.3 is 18.2 Å². The molecular weight excluding hydrogens is 583 g/mol. The molecule has 4 N–H and O–H groups in total. The molecule has 3 aromatic rings. The molecule has 2 heterocycles. The third kappa shape index (κ3) is 9.54. The number of carboxylic acids is 1. The molecule has 2 amide bonds. The van der Waals surface area contributed by atoms with Crippen LogP contribution in [0.25, 0.3) is 5.52 Å². The molecule has 0 spiro atoms. The first-order valence-electron chi connectivity index (χ1n) is 13.2. The van der Waals surface area contributed by atoms with Gasteiger partial charge in [-0.15, -0.1) is 0 Å². The van der Waals surface area contributed by atoms with E-state index in [0.29, 0.717) is 29.6 Å². The van der Waals surface area contributed by atoms with Crippen LogP contribution < -0.4 is 15.4 Å². The maximum absolute atomic E-state index is 14.1. The fraction of sp³-hybridized carbons (Fsp3) is 0.429. The molecule has 10 nitrogen and oxygen atoms in total. The van der Waals surface area contributed by atoms with Crippen molar-refractivity contribution in [3.8, 4) is 5.88 Å². The average Bonchev–Trinajstić information content (AvgIpc) is 3.24. The number of hydrogen-bond acceptors (Lipinski definition) is 5. The number of nitrogens with one attached hydrogen (secondary N) is 2. The van der Waals surface area contributed by atoms with Gasteiger partial charge < -0.3 is 25.6 Å². The summed E-state index contributed by atoms with van der Waals surface area (Å²) in [4.78, 5) is 33.5. The minimum absolute atomic E-state index is 0.0939. The SMILES string of the molecule is CCCc1nn2c(OCc3c(F)cccc3F)cc(C)cc2c1C(=O)NCC(C)(CCC)NC(=O)O.O=C(O)C(F)(F)F. The number of aliphatic carboxylic acids is 1. The minimum Gasteiger partial charge on any atom is -0.475 e. The molecule has 0 saturated carbocycles. The summed E-state index contributed by atoms with van der Waals surface area (Å²) in [5, 5.41) is 26.3. The zero-order chi connectivity index (χ0) is 32.5. The summed E-state index contributed by atoms with van der Waals surface area (Å²) in [5.74, 6) is -4.33. The molecule has 43 heavy (non-hydrogen) atoms. The number of aryl methyl sites for hydroxylation is 2. The second-order valence-electron chi connectivity index (χ2n) is 9.95. The number of benzene rings is 1. The summed E-state index contributed by atoms with van der Waals surface area (Å²) in [5.41, 5.74) is 1.13. The Morgan fingerprint density at radius 3 is 2.16 bits per heavy atom. The van der Waals surface area contributed by atoms with Gasteiger partial charge in [-0.1, -0.05) is 32.8 Å². The summed E-state index contributed by atoms with van der Waals surface area (Å²) >= 11 is 0. The smallest absolute Gasteiger partial charge is 0.475 e. The number of rotatable bonds is 11. The lowest BCUT2D eigenvalue weighted by atomic mass is 9.96. The largest absolute Gasteiger partial charge is 0.490 e. The van der Waals surface area contributed by atoms with E-state index < -0.39 is 35.4 Å². The zero-order valence-corrected chi connectivity index (χ0v) is 23.9. The molecule has 0 aliphatic carbocycles. The Bertz CT molecular complexity index is 1440. The Kier molecular flexibility index (Phi) is 11.8. The Morgan fingerprint density at radius 1 is 1.05 bits per heavy atom. The van der Waals surface area contributed by atoms with Crippen LogP contribution in [0.5, 0.6) is 5.88 Å². The number of carbonyl (C=O) groups is 3. The molecule has 236 valence electrons. The van der Waals surface area contributed by atoms with Crippen LogP contribution in [0.4, 0.5) is 26.7 Å². The second kappa shape index (κ2) is 14.6. The summed E-state index contributed by atoms with van der Waals surface area (Å²) in [6.45, 7) is 7.20. The zero-order valence-electron chi connectivity index (χ0n) is 23.9. The summed E-state index contributed by atoms with van der Waals surface area (Å²) in [6.07, 6.45) is -3.72. The van der Waals surface area contributed by atoms with Gasteiger partial charge in [-0.2, -0.15) is 22.8 Å². The van der Waals surface area contributed by atoms with Crippen LogP contribution in [0, 0.1) is 18.6 Å². The van der Waals surface area contributed by atoms with Crippen molar-refractivity contribution >= 4 is 23.5 Å². The first-order valence-corrected chi connectivity index (χ1v) is 13.2. The molecule has 0 aliphatic rings. The van der Waals surface area contributed by atoms with E-state index in [1.807, 2.05) is 20.8 Å². The molecule has 15 heteroatoms. The summed E-state index contributed by atoms with van der Waals surface area (Å²) < 4.78 is 67.2. The Labute approximate surface area is 243 Å². The highest BCUT2D eigenvalue weighted by Gasteiger charge is 2.38. The van der Waals surface area contributed by atoms with Gasteiger partial charge in [0.2, 0.25) is 5.88 Å². The van der Waals surface area contributed by atoms with Crippen molar-refractivity contribution in [2.45, 2.75) is 71.7 Å². The first kappa shape index (κ1) is 34.8. The van der Waals surface area contributed by atoms with E-state index in [4.69, 9.17) is 14.6 Å². The van der Waals surface area contributed by atoms with Crippen LogP contribution in [0.15, 0.2) is 30.3 Å². The first-order chi connectivity index (χ1) is 20.0. The maximum atomic E-state index is 14.1. The highest BCUT2D eigenvalue weighted by Crippen LogP contribution is 2.26. The van der Waals surface area contributed by atoms with Crippen LogP contribution in [0.2, 0.25) is 0 Å². The topological polar surface area (TPSA) is 142 Å². The lowest BCUT2D eigenvalue weighted by molar-refractivity contribution is -0.192. The fourth-order valence-corrected chi connectivity index (χ4v) is 4.24. The van der Waals surface area contributed by atoms with Gasteiger partial charge in [0, 0.05) is 12.6 Å². The van der Waals surface area contributed by atoms with Crippen molar-refractivity contribution in [1.29, 1.82) is 0 Å². The number of fused-ring (bicyclic) bond motifs is 1. The van der Waals surface area contributed by atoms with Crippen LogP contribution >= 0.6 is 0 Å². The number of alkyl halides is 3. The average molecular weight is 617 g/mol. The predicted octanol–water partition coefficient (Wildman–Crippen LogP) is 5.64. The van der Waals surface area contributed by atoms with E-state index in [-0.39, 0.29) is 30.5 Å². The molecule has 0 aliphatic heterocycles. The Morgan fingerprint density at radius 2 is 1.65 bits per heavy atom. The van der Waals surface area contributed by atoms with Crippen molar-refractivity contribution < 1.29 is 51.3 Å². The number of hydrogen-bond donors (Lipinski definition) is 4. The molecule has 0 fully saturated rings. The van der Waals surface area contributed by atoms with Crippen LogP contribution in [0.1, 0.15) is 67.2 Å². The Balaban J connectivity index is 0.000000821. The summed E-state index contributed by atoms with van der Waals surface area (Å²) in [6, 6.07) is 7.08. The third-order valence-electron chi connectivity index (χ3n) is 6.15. The third-order valence-corrected chi connectivity index (χ3v) is 6.15. The van der Waals surface area contributed by atoms with E-state index in [0.717, 1.165) is 30.5 Å². The summed E-state index contributed by atoms with van der Waals surface area (Å²) in [7, 11) is 0. The molecule has 1 unspecified atom stereocenters. The number of nitrogens with zero attached hydrogens (tertiary/aromatic N) is 2. The fourth-order valence-electron chi connectivity index (χ4n) is 4.24. The molecule has 0 radical (unpaired) electrons. The van der Waals surface area contributed by atoms with Gasteiger partial charge in [-0.3, -0.25) is 4.79 Å². The molecule has 1 atom stereocenters. The Hall–Kier alpha value is -4.43. The van der Waals surface area contributed by atoms with Gasteiger partial charge in [0.15, 0.2) is 0 Å². The van der Waals surface area contributed by atoms with Gasteiger partial charge in [0.05, 0.1) is 27.9 Å². The molecule has 0 bridgehead atoms. The van der Waals surface area contributed by atoms with Gasteiger partial charge in [0.25, 0.3) is 5.91 Å². The van der Waals surface area contributed by atoms with Crippen molar-refractivity contribution in [3.05, 3.63) is 64.4 Å². The van der Waals surface area contributed by atoms with E-state index in [9.17, 15) is 36.6 Å². The number of ether oxygens (including phenoxy) is 1. The normalized spacial score (nSPS) is 12.6. The molecule has 0 saturated heterocycles. The number of pyridine rings is 1. The number of carboxylic acid groups (broad SMARTS) is 2. The van der Waals surface area contributed by atoms with Crippen molar-refractivity contribution in [2.24, 2.45) is 0 Å². The number of aromatic nitrogens is 2. The van der Waals surface area contributed by atoms with Crippen LogP contribution in [-0.2, 0) is 17.8 Å². The van der Waals surface area contributed by atoms with Crippen molar-refractivity contribution in [1.82, 2.24) is 20.2 Å². The van der Waals surface area contributed by atoms with Crippen LogP contribution in [-0.4, -0.2) is 56.1 Å². The van der Waals surface area contributed by atoms with Gasteiger partial charge in [-0.05, 0) is 50.5 Å². The minimum atomic E-state index is -5.08. The quantitative estimate of drug-likeness (QED) is 0.204. The van der Waals surface area contributed by atoms with Crippen molar-refractivity contribution in [2.75, 3.05) is 6.54 Å². The lowest BCUT2D eigenvalue weighted by Gasteiger charge is -2.29.